The number of hydrogen-bond acceptors (Lipinski definition) is 0. The summed E-state index contributed by atoms with van der Waals surface area (Å²) in [4.78, 5) is 0. The van der Waals surface area contributed by atoms with Crippen molar-refractivity contribution in [1.29, 1.82) is 0 Å². The van der Waals surface area contributed by atoms with E-state index in [1.807, 2.05) is 0 Å². The van der Waals surface area contributed by atoms with Gasteiger partial charge in [0.15, 0.2) is 0 Å². The first-order valence-electron chi connectivity index (χ1n) is 0. The van der Waals surface area contributed by atoms with Gasteiger partial charge in [-0.15, -0.1) is 0 Å². The van der Waals surface area contributed by atoms with Crippen LogP contribution in [-0.4, -0.2) is 0 Å². The van der Waals surface area contributed by atoms with Gasteiger partial charge in [0.05, 0.1) is 0 Å². The summed E-state index contributed by atoms with van der Waals surface area (Å²) in [7, 11) is 0. The van der Waals surface area contributed by atoms with Crippen LogP contribution in [-0.2, 0) is 71.4 Å². The summed E-state index contributed by atoms with van der Waals surface area (Å²) in [5.41, 5.74) is 0. The van der Waals surface area contributed by atoms with Crippen LogP contribution in [0.1, 0.15) is 7.43 Å². The molecule has 0 aliphatic rings. The zero-order valence-electron chi connectivity index (χ0n) is 1.41. The van der Waals surface area contributed by atoms with Crippen molar-refractivity contribution < 1.29 is 71.4 Å². The van der Waals surface area contributed by atoms with Gasteiger partial charge in [0.25, 0.3) is 0 Å². The van der Waals surface area contributed by atoms with Gasteiger partial charge in [-0.3, -0.25) is 0 Å². The van der Waals surface area contributed by atoms with Gasteiger partial charge in [-0.2, -0.15) is 0 Å². The minimum atomic E-state index is 0. The normalized spacial score (nSPS) is 0. The molecule has 0 fully saturated rings. The Morgan fingerprint density at radius 3 is 1.00 bits per heavy atom. The van der Waals surface area contributed by atoms with Gasteiger partial charge >= 0.3 is 0 Å². The Morgan fingerprint density at radius 1 is 1.00 bits per heavy atom. The second-order valence-electron chi connectivity index (χ2n) is 0. The molecule has 0 saturated heterocycles. The van der Waals surface area contributed by atoms with Crippen molar-refractivity contribution in [2.75, 3.05) is 0 Å². The van der Waals surface area contributed by atoms with E-state index in [4.69, 9.17) is 0 Å². The molecule has 0 heterocycles. The Hall–Kier alpha value is 2.21. The van der Waals surface area contributed by atoms with E-state index in [0.29, 0.717) is 0 Å². The third-order valence-electron chi connectivity index (χ3n) is 0. The summed E-state index contributed by atoms with van der Waals surface area (Å²) in [5, 5.41) is 0. The maximum Gasteiger partial charge on any atom is 0 e. The summed E-state index contributed by atoms with van der Waals surface area (Å²) in [6, 6.07) is 0. The van der Waals surface area contributed by atoms with E-state index in [1.54, 1.807) is 0 Å². The second-order valence-corrected chi connectivity index (χ2v) is 0. The van der Waals surface area contributed by atoms with Crippen molar-refractivity contribution in [2.24, 2.45) is 0 Å². The smallest absolute Gasteiger partial charge is 0 e. The van der Waals surface area contributed by atoms with Gasteiger partial charge in [-0.25, -0.2) is 0 Å². The van der Waals surface area contributed by atoms with Crippen LogP contribution in [0.2, 0.25) is 0 Å². The standard InChI is InChI=1S/CH4.Co.Fe.Mo.Ni/h1H4;;;;. The molecule has 0 amide bonds. The Morgan fingerprint density at radius 2 is 1.00 bits per heavy atom. The summed E-state index contributed by atoms with van der Waals surface area (Å²) in [5.74, 6) is 0. The van der Waals surface area contributed by atoms with E-state index in [2.05, 4.69) is 0 Å². The van der Waals surface area contributed by atoms with Gasteiger partial charge in [-0.05, 0) is 0 Å². The van der Waals surface area contributed by atoms with Crippen LogP contribution in [0.4, 0.5) is 0 Å². The number of rotatable bonds is 0. The molecule has 41 valence electrons. The van der Waals surface area contributed by atoms with Gasteiger partial charge in [-0.1, -0.05) is 7.43 Å². The zero-order valence-corrected chi connectivity index (χ0v) is 6.55. The molecule has 0 atom stereocenters. The van der Waals surface area contributed by atoms with Crippen LogP contribution in [0.15, 0.2) is 0 Å². The van der Waals surface area contributed by atoms with Crippen molar-refractivity contribution in [3.63, 3.8) is 0 Å². The molecule has 0 nitrogen and oxygen atoms in total. The Balaban J connectivity index is 0. The van der Waals surface area contributed by atoms with Gasteiger partial charge < -0.3 is 0 Å². The van der Waals surface area contributed by atoms with Crippen molar-refractivity contribution in [3.05, 3.63) is 0 Å². The fourth-order valence-electron chi connectivity index (χ4n) is 0. The van der Waals surface area contributed by atoms with Crippen LogP contribution in [0.3, 0.4) is 0 Å². The molecule has 0 N–H and O–H groups in total. The first-order chi connectivity index (χ1) is 0. The van der Waals surface area contributed by atoms with E-state index in [1.165, 1.54) is 0 Å². The van der Waals surface area contributed by atoms with Crippen LogP contribution < -0.4 is 0 Å². The minimum absolute atomic E-state index is 0. The molecule has 0 aliphatic carbocycles. The molecule has 0 bridgehead atoms. The van der Waals surface area contributed by atoms with Crippen LogP contribution in [0.25, 0.3) is 0 Å². The maximum absolute atomic E-state index is 0. The fourth-order valence-corrected chi connectivity index (χ4v) is 0. The molecule has 0 spiro atoms. The predicted octanol–water partition coefficient (Wildman–Crippen LogP) is 0.626. The molecule has 1 radical (unpaired) electrons. The van der Waals surface area contributed by atoms with E-state index in [-0.39, 0.29) is 78.8 Å². The molecule has 5 heavy (non-hydrogen) atoms. The Kier molecular flexibility index (Phi) is 394. The molecule has 0 rings (SSSR count). The first-order valence-corrected chi connectivity index (χ1v) is 0. The summed E-state index contributed by atoms with van der Waals surface area (Å²) >= 11 is 0. The molecular weight excluding hydrogens is 281 g/mol. The summed E-state index contributed by atoms with van der Waals surface area (Å²) < 4.78 is 0. The minimum Gasteiger partial charge on any atom is -0.0776 e. The van der Waals surface area contributed by atoms with Gasteiger partial charge in [0.2, 0.25) is 0 Å². The molecular formula is CH4CoFeMoNi. The largest absolute Gasteiger partial charge is 0.0776 e. The average molecular weight is 285 g/mol. The third kappa shape index (κ3) is 22.5. The second kappa shape index (κ2) is 34.5. The molecule has 0 aromatic heterocycles. The zero-order chi connectivity index (χ0) is 0. The van der Waals surface area contributed by atoms with E-state index >= 15 is 0 Å². The quantitative estimate of drug-likeness (QED) is 0.573. The van der Waals surface area contributed by atoms with Crippen LogP contribution in [0, 0.1) is 0 Å². The van der Waals surface area contributed by atoms with Crippen LogP contribution in [0.5, 0.6) is 0 Å². The van der Waals surface area contributed by atoms with Crippen molar-refractivity contribution in [3.8, 4) is 0 Å². The Labute approximate surface area is 78.1 Å². The average Bonchev–Trinajstić information content (AvgIpc) is 0. The molecule has 0 unspecified atom stereocenters. The third-order valence-corrected chi connectivity index (χ3v) is 0. The van der Waals surface area contributed by atoms with Crippen molar-refractivity contribution in [2.45, 2.75) is 7.43 Å². The molecule has 4 heteroatoms. The van der Waals surface area contributed by atoms with Crippen LogP contribution >= 0.6 is 0 Å². The van der Waals surface area contributed by atoms with E-state index in [9.17, 15) is 0 Å². The van der Waals surface area contributed by atoms with Gasteiger partial charge in [0, 0.05) is 71.4 Å². The summed E-state index contributed by atoms with van der Waals surface area (Å²) in [6.45, 7) is 0. The monoisotopic (exact) mass is 287 g/mol. The van der Waals surface area contributed by atoms with Crippen molar-refractivity contribution >= 4 is 0 Å². The first kappa shape index (κ1) is 57.0. The molecule has 0 saturated carbocycles. The number of hydrogen-bond donors (Lipinski definition) is 0. The topological polar surface area (TPSA) is 0 Å². The van der Waals surface area contributed by atoms with Crippen molar-refractivity contribution in [1.82, 2.24) is 0 Å². The maximum atomic E-state index is 0. The molecule has 0 aromatic rings. The predicted molar refractivity (Wildman–Crippen MR) is 6.73 cm³/mol. The molecule has 0 aromatic carbocycles. The van der Waals surface area contributed by atoms with Gasteiger partial charge in [0.1, 0.15) is 0 Å². The molecule has 0 aliphatic heterocycles. The fraction of sp³-hybridized carbons (Fsp3) is 1.00. The summed E-state index contributed by atoms with van der Waals surface area (Å²) in [6.07, 6.45) is 0. The Bertz CT molecular complexity index is 11.6. The van der Waals surface area contributed by atoms with E-state index in [0.717, 1.165) is 0 Å². The van der Waals surface area contributed by atoms with E-state index < -0.39 is 0 Å². The SMILES string of the molecule is C.[Co].[Fe].[Mo].[Ni].